The van der Waals surface area contributed by atoms with Gasteiger partial charge in [0.15, 0.2) is 0 Å². The average Bonchev–Trinajstić information content (AvgIpc) is 2.95. The van der Waals surface area contributed by atoms with Gasteiger partial charge in [-0.15, -0.1) is 0 Å². The average molecular weight is 256 g/mol. The minimum absolute atomic E-state index is 0.593. The van der Waals surface area contributed by atoms with Crippen LogP contribution >= 0.6 is 0 Å². The van der Waals surface area contributed by atoms with Gasteiger partial charge in [0.2, 0.25) is 0 Å². The van der Waals surface area contributed by atoms with E-state index in [2.05, 4.69) is 40.5 Å². The number of nitrogens with zero attached hydrogens (tertiary/aromatic N) is 1. The van der Waals surface area contributed by atoms with Crippen molar-refractivity contribution in [3.63, 3.8) is 0 Å². The predicted molar refractivity (Wildman–Crippen MR) is 77.1 cm³/mol. The summed E-state index contributed by atoms with van der Waals surface area (Å²) in [5.74, 6) is 1.06. The topological polar surface area (TPSA) is 28.4 Å². The molecule has 0 spiro atoms. The molecule has 1 saturated heterocycles. The van der Waals surface area contributed by atoms with Crippen molar-refractivity contribution in [1.82, 2.24) is 4.90 Å². The summed E-state index contributed by atoms with van der Waals surface area (Å²) in [6.07, 6.45) is 4.13. The number of likely N-dealkylation sites (tertiary alicyclic amines) is 1. The fourth-order valence-electron chi connectivity index (χ4n) is 2.63. The van der Waals surface area contributed by atoms with Crippen LogP contribution in [0, 0.1) is 0 Å². The maximum absolute atomic E-state index is 5.40. The van der Waals surface area contributed by atoms with Crippen LogP contribution in [-0.2, 0) is 6.54 Å². The molecule has 1 aliphatic rings. The molecule has 2 aromatic rings. The Morgan fingerprint density at radius 3 is 2.53 bits per heavy atom. The number of benzene rings is 1. The van der Waals surface area contributed by atoms with Gasteiger partial charge < -0.3 is 9.73 Å². The van der Waals surface area contributed by atoms with Crippen molar-refractivity contribution in [2.24, 2.45) is 0 Å². The number of rotatable bonds is 4. The van der Waals surface area contributed by atoms with Gasteiger partial charge in [-0.25, -0.2) is 0 Å². The molecular weight excluding hydrogens is 236 g/mol. The Hall–Kier alpha value is -1.74. The first-order chi connectivity index (χ1) is 9.40. The summed E-state index contributed by atoms with van der Waals surface area (Å²) in [4.78, 5) is 2.46. The lowest BCUT2D eigenvalue weighted by molar-refractivity contribution is 0.197. The molecule has 0 aliphatic carbocycles. The SMILES string of the molecule is c1ccc(NC2CCN(Cc3ccco3)CC2)cc1. The van der Waals surface area contributed by atoms with Crippen LogP contribution < -0.4 is 5.32 Å². The summed E-state index contributed by atoms with van der Waals surface area (Å²) in [6, 6.07) is 15.1. The van der Waals surface area contributed by atoms with Crippen LogP contribution in [0.25, 0.3) is 0 Å². The molecule has 0 radical (unpaired) electrons. The van der Waals surface area contributed by atoms with E-state index < -0.39 is 0 Å². The first kappa shape index (κ1) is 12.3. The quantitative estimate of drug-likeness (QED) is 0.909. The second-order valence-corrected chi connectivity index (χ2v) is 5.14. The lowest BCUT2D eigenvalue weighted by atomic mass is 10.0. The van der Waals surface area contributed by atoms with E-state index in [1.54, 1.807) is 6.26 Å². The molecule has 1 aliphatic heterocycles. The molecule has 1 aromatic carbocycles. The lowest BCUT2D eigenvalue weighted by Gasteiger charge is -2.32. The summed E-state index contributed by atoms with van der Waals surface area (Å²) in [5.41, 5.74) is 1.23. The first-order valence-electron chi connectivity index (χ1n) is 6.96. The minimum atomic E-state index is 0.593. The number of hydrogen-bond donors (Lipinski definition) is 1. The standard InChI is InChI=1S/C16H20N2O/c1-2-5-14(6-3-1)17-15-8-10-18(11-9-15)13-16-7-4-12-19-16/h1-7,12,15,17H,8-11,13H2. The largest absolute Gasteiger partial charge is 0.468 e. The zero-order valence-corrected chi connectivity index (χ0v) is 11.1. The summed E-state index contributed by atoms with van der Waals surface area (Å²) >= 11 is 0. The molecule has 3 nitrogen and oxygen atoms in total. The Kier molecular flexibility index (Phi) is 3.84. The Labute approximate surface area is 114 Å². The van der Waals surface area contributed by atoms with Gasteiger partial charge >= 0.3 is 0 Å². The third-order valence-corrected chi connectivity index (χ3v) is 3.69. The van der Waals surface area contributed by atoms with E-state index in [0.29, 0.717) is 6.04 Å². The highest BCUT2D eigenvalue weighted by Gasteiger charge is 2.19. The minimum Gasteiger partial charge on any atom is -0.468 e. The third kappa shape index (κ3) is 3.38. The second kappa shape index (κ2) is 5.93. The molecule has 3 heteroatoms. The summed E-state index contributed by atoms with van der Waals surface area (Å²) < 4.78 is 5.40. The highest BCUT2D eigenvalue weighted by Crippen LogP contribution is 2.18. The van der Waals surface area contributed by atoms with Gasteiger partial charge in [0.05, 0.1) is 12.8 Å². The van der Waals surface area contributed by atoms with Crippen LogP contribution in [0.5, 0.6) is 0 Å². The molecule has 0 unspecified atom stereocenters. The highest BCUT2D eigenvalue weighted by molar-refractivity contribution is 5.43. The Morgan fingerprint density at radius 1 is 1.05 bits per heavy atom. The number of para-hydroxylation sites is 1. The van der Waals surface area contributed by atoms with Crippen LogP contribution in [0.3, 0.4) is 0 Å². The lowest BCUT2D eigenvalue weighted by Crippen LogP contribution is -2.38. The third-order valence-electron chi connectivity index (χ3n) is 3.69. The Bertz CT molecular complexity index is 473. The van der Waals surface area contributed by atoms with Gasteiger partial charge in [0.1, 0.15) is 5.76 Å². The van der Waals surface area contributed by atoms with Gasteiger partial charge in [0, 0.05) is 24.8 Å². The van der Waals surface area contributed by atoms with Crippen LogP contribution in [0.1, 0.15) is 18.6 Å². The van der Waals surface area contributed by atoms with Crippen LogP contribution in [-0.4, -0.2) is 24.0 Å². The van der Waals surface area contributed by atoms with Gasteiger partial charge in [-0.2, -0.15) is 0 Å². The van der Waals surface area contributed by atoms with Gasteiger partial charge in [-0.05, 0) is 37.1 Å². The van der Waals surface area contributed by atoms with Gasteiger partial charge in [-0.1, -0.05) is 18.2 Å². The molecule has 0 atom stereocenters. The molecule has 1 N–H and O–H groups in total. The highest BCUT2D eigenvalue weighted by atomic mass is 16.3. The van der Waals surface area contributed by atoms with E-state index in [-0.39, 0.29) is 0 Å². The monoisotopic (exact) mass is 256 g/mol. The molecule has 0 bridgehead atoms. The zero-order chi connectivity index (χ0) is 12.9. The Balaban J connectivity index is 1.47. The van der Waals surface area contributed by atoms with Crippen molar-refractivity contribution in [3.05, 3.63) is 54.5 Å². The van der Waals surface area contributed by atoms with Crippen molar-refractivity contribution in [3.8, 4) is 0 Å². The van der Waals surface area contributed by atoms with Crippen LogP contribution in [0.15, 0.2) is 53.1 Å². The maximum atomic E-state index is 5.40. The van der Waals surface area contributed by atoms with Gasteiger partial charge in [0.25, 0.3) is 0 Å². The van der Waals surface area contributed by atoms with E-state index >= 15 is 0 Å². The van der Waals surface area contributed by atoms with Crippen molar-refractivity contribution in [2.45, 2.75) is 25.4 Å². The number of anilines is 1. The fourth-order valence-corrected chi connectivity index (χ4v) is 2.63. The molecule has 19 heavy (non-hydrogen) atoms. The van der Waals surface area contributed by atoms with Crippen molar-refractivity contribution in [2.75, 3.05) is 18.4 Å². The van der Waals surface area contributed by atoms with E-state index in [1.807, 2.05) is 12.1 Å². The molecule has 100 valence electrons. The van der Waals surface area contributed by atoms with Crippen LogP contribution in [0.2, 0.25) is 0 Å². The van der Waals surface area contributed by atoms with E-state index in [1.165, 1.54) is 18.5 Å². The predicted octanol–water partition coefficient (Wildman–Crippen LogP) is 3.36. The molecule has 1 aromatic heterocycles. The normalized spacial score (nSPS) is 17.5. The maximum Gasteiger partial charge on any atom is 0.117 e. The van der Waals surface area contributed by atoms with Crippen molar-refractivity contribution in [1.29, 1.82) is 0 Å². The van der Waals surface area contributed by atoms with Crippen molar-refractivity contribution >= 4 is 5.69 Å². The first-order valence-corrected chi connectivity index (χ1v) is 6.96. The van der Waals surface area contributed by atoms with E-state index in [0.717, 1.165) is 25.4 Å². The molecule has 0 saturated carbocycles. The van der Waals surface area contributed by atoms with Crippen LogP contribution in [0.4, 0.5) is 5.69 Å². The number of piperidine rings is 1. The van der Waals surface area contributed by atoms with Crippen molar-refractivity contribution < 1.29 is 4.42 Å². The summed E-state index contributed by atoms with van der Waals surface area (Å²) in [7, 11) is 0. The summed E-state index contributed by atoms with van der Waals surface area (Å²) in [6.45, 7) is 3.20. The van der Waals surface area contributed by atoms with Gasteiger partial charge in [-0.3, -0.25) is 4.90 Å². The number of furan rings is 1. The fraction of sp³-hybridized carbons (Fsp3) is 0.375. The Morgan fingerprint density at radius 2 is 1.84 bits per heavy atom. The summed E-state index contributed by atoms with van der Waals surface area (Å²) in [5, 5.41) is 3.61. The number of nitrogens with one attached hydrogen (secondary N) is 1. The molecule has 0 amide bonds. The second-order valence-electron chi connectivity index (χ2n) is 5.14. The van der Waals surface area contributed by atoms with E-state index in [4.69, 9.17) is 4.42 Å². The van der Waals surface area contributed by atoms with E-state index in [9.17, 15) is 0 Å². The molecular formula is C16H20N2O. The molecule has 2 heterocycles. The smallest absolute Gasteiger partial charge is 0.117 e. The zero-order valence-electron chi connectivity index (χ0n) is 11.1. The number of hydrogen-bond acceptors (Lipinski definition) is 3. The molecule has 1 fully saturated rings. The molecule has 3 rings (SSSR count).